The molecule has 0 bridgehead atoms. The fourth-order valence-corrected chi connectivity index (χ4v) is 1.45. The average Bonchev–Trinajstić information content (AvgIpc) is 2.36. The second-order valence-electron chi connectivity index (χ2n) is 3.43. The number of hydrogen-bond acceptors (Lipinski definition) is 3. The van der Waals surface area contributed by atoms with E-state index in [0.29, 0.717) is 18.2 Å². The molecule has 6 heteroatoms. The third kappa shape index (κ3) is 5.05. The van der Waals surface area contributed by atoms with Crippen molar-refractivity contribution in [3.63, 3.8) is 0 Å². The molecule has 0 unspecified atom stereocenters. The molecule has 0 atom stereocenters. The Kier molecular flexibility index (Phi) is 6.00. The second-order valence-corrected chi connectivity index (χ2v) is 3.84. The topological polar surface area (TPSA) is 67.4 Å². The summed E-state index contributed by atoms with van der Waals surface area (Å²) in [6.45, 7) is 2.15. The maximum atomic E-state index is 11.4. The summed E-state index contributed by atoms with van der Waals surface area (Å²) in [5.41, 5.74) is 0.811. The Labute approximate surface area is 110 Å². The molecule has 0 aliphatic rings. The van der Waals surface area contributed by atoms with E-state index in [4.69, 9.17) is 11.6 Å². The quantitative estimate of drug-likeness (QED) is 0.801. The lowest BCUT2D eigenvalue weighted by molar-refractivity contribution is -0.141. The number of urea groups is 1. The van der Waals surface area contributed by atoms with Crippen molar-refractivity contribution in [2.45, 2.75) is 13.5 Å². The molecule has 2 N–H and O–H groups in total. The third-order valence-corrected chi connectivity index (χ3v) is 2.46. The van der Waals surface area contributed by atoms with Crippen LogP contribution in [0.1, 0.15) is 12.5 Å². The van der Waals surface area contributed by atoms with E-state index in [9.17, 15) is 9.59 Å². The first kappa shape index (κ1) is 14.3. The largest absolute Gasteiger partial charge is 0.465 e. The number of carbonyl (C=O) groups is 2. The summed E-state index contributed by atoms with van der Waals surface area (Å²) >= 11 is 5.93. The van der Waals surface area contributed by atoms with Crippen LogP contribution < -0.4 is 10.6 Å². The molecule has 0 saturated heterocycles. The van der Waals surface area contributed by atoms with Crippen LogP contribution in [0.5, 0.6) is 0 Å². The molecule has 0 aliphatic carbocycles. The molecule has 1 aromatic rings. The van der Waals surface area contributed by atoms with E-state index in [0.717, 1.165) is 5.56 Å². The van der Waals surface area contributed by atoms with Gasteiger partial charge in [0, 0.05) is 11.6 Å². The van der Waals surface area contributed by atoms with Crippen LogP contribution in [0.15, 0.2) is 24.3 Å². The van der Waals surface area contributed by atoms with Crippen LogP contribution in [0, 0.1) is 0 Å². The van der Waals surface area contributed by atoms with Gasteiger partial charge in [0.05, 0.1) is 6.61 Å². The Morgan fingerprint density at radius 3 is 2.67 bits per heavy atom. The van der Waals surface area contributed by atoms with Crippen molar-refractivity contribution >= 4 is 23.6 Å². The average molecular weight is 271 g/mol. The predicted molar refractivity (Wildman–Crippen MR) is 68.3 cm³/mol. The highest BCUT2D eigenvalue weighted by Gasteiger charge is 2.06. The van der Waals surface area contributed by atoms with Crippen LogP contribution >= 0.6 is 11.6 Å². The lowest BCUT2D eigenvalue weighted by atomic mass is 10.2. The molecule has 0 spiro atoms. The SMILES string of the molecule is CCOC(=O)CNC(=O)NCc1ccccc1Cl. The van der Waals surface area contributed by atoms with Crippen molar-refractivity contribution < 1.29 is 14.3 Å². The van der Waals surface area contributed by atoms with Crippen molar-refractivity contribution in [3.8, 4) is 0 Å². The number of ether oxygens (including phenoxy) is 1. The van der Waals surface area contributed by atoms with Crippen LogP contribution in [-0.2, 0) is 16.1 Å². The smallest absolute Gasteiger partial charge is 0.325 e. The van der Waals surface area contributed by atoms with Crippen molar-refractivity contribution in [3.05, 3.63) is 34.9 Å². The first-order valence-electron chi connectivity index (χ1n) is 5.54. The van der Waals surface area contributed by atoms with Gasteiger partial charge in [-0.3, -0.25) is 4.79 Å². The number of hydrogen-bond donors (Lipinski definition) is 2. The van der Waals surface area contributed by atoms with Gasteiger partial charge >= 0.3 is 12.0 Å². The summed E-state index contributed by atoms with van der Waals surface area (Å²) in [6, 6.07) is 6.76. The molecule has 0 fully saturated rings. The molecule has 1 aromatic carbocycles. The number of carbonyl (C=O) groups excluding carboxylic acids is 2. The fraction of sp³-hybridized carbons (Fsp3) is 0.333. The minimum Gasteiger partial charge on any atom is -0.465 e. The molecule has 1 rings (SSSR count). The number of amides is 2. The van der Waals surface area contributed by atoms with Crippen LogP contribution in [0.25, 0.3) is 0 Å². The van der Waals surface area contributed by atoms with Crippen molar-refractivity contribution in [1.29, 1.82) is 0 Å². The molecule has 0 aromatic heterocycles. The number of nitrogens with one attached hydrogen (secondary N) is 2. The predicted octanol–water partition coefficient (Wildman–Crippen LogP) is 1.70. The van der Waals surface area contributed by atoms with E-state index in [1.165, 1.54) is 0 Å². The van der Waals surface area contributed by atoms with E-state index < -0.39 is 12.0 Å². The summed E-state index contributed by atoms with van der Waals surface area (Å²) < 4.78 is 4.67. The van der Waals surface area contributed by atoms with E-state index in [1.54, 1.807) is 13.0 Å². The lowest BCUT2D eigenvalue weighted by Crippen LogP contribution is -2.38. The van der Waals surface area contributed by atoms with Gasteiger partial charge in [-0.15, -0.1) is 0 Å². The van der Waals surface area contributed by atoms with Gasteiger partial charge in [-0.1, -0.05) is 29.8 Å². The molecule has 2 amide bonds. The zero-order valence-corrected chi connectivity index (χ0v) is 10.8. The Morgan fingerprint density at radius 1 is 1.28 bits per heavy atom. The summed E-state index contributed by atoms with van der Waals surface area (Å²) in [4.78, 5) is 22.4. The van der Waals surface area contributed by atoms with Crippen molar-refractivity contribution in [2.24, 2.45) is 0 Å². The van der Waals surface area contributed by atoms with Gasteiger partial charge in [0.25, 0.3) is 0 Å². The number of esters is 1. The maximum absolute atomic E-state index is 11.4. The van der Waals surface area contributed by atoms with Crippen molar-refractivity contribution in [1.82, 2.24) is 10.6 Å². The van der Waals surface area contributed by atoms with E-state index in [-0.39, 0.29) is 6.54 Å². The molecule has 0 aliphatic heterocycles. The normalized spacial score (nSPS) is 9.67. The number of halogens is 1. The Bertz CT molecular complexity index is 424. The minimum atomic E-state index is -0.467. The van der Waals surface area contributed by atoms with Gasteiger partial charge < -0.3 is 15.4 Å². The summed E-state index contributed by atoms with van der Waals surface area (Å²) in [6.07, 6.45) is 0. The van der Waals surface area contributed by atoms with Crippen LogP contribution in [0.3, 0.4) is 0 Å². The molecular formula is C12H15ClN2O3. The summed E-state index contributed by atoms with van der Waals surface area (Å²) in [7, 11) is 0. The van der Waals surface area contributed by atoms with Crippen molar-refractivity contribution in [2.75, 3.05) is 13.2 Å². The zero-order valence-electron chi connectivity index (χ0n) is 10.0. The monoisotopic (exact) mass is 270 g/mol. The summed E-state index contributed by atoms with van der Waals surface area (Å²) in [5, 5.41) is 5.57. The lowest BCUT2D eigenvalue weighted by Gasteiger charge is -2.08. The molecule has 5 nitrogen and oxygen atoms in total. The van der Waals surface area contributed by atoms with E-state index in [2.05, 4.69) is 15.4 Å². The van der Waals surface area contributed by atoms with Gasteiger partial charge in [0.2, 0.25) is 0 Å². The molecule has 0 heterocycles. The van der Waals surface area contributed by atoms with Gasteiger partial charge in [-0.2, -0.15) is 0 Å². The third-order valence-electron chi connectivity index (χ3n) is 2.10. The van der Waals surface area contributed by atoms with Crippen LogP contribution in [0.4, 0.5) is 4.79 Å². The molecule has 98 valence electrons. The Balaban J connectivity index is 2.29. The van der Waals surface area contributed by atoms with E-state index >= 15 is 0 Å². The van der Waals surface area contributed by atoms with Gasteiger partial charge in [-0.25, -0.2) is 4.79 Å². The number of benzene rings is 1. The summed E-state index contributed by atoms with van der Waals surface area (Å²) in [5.74, 6) is -0.467. The van der Waals surface area contributed by atoms with Gasteiger partial charge in [-0.05, 0) is 18.6 Å². The Hall–Kier alpha value is -1.75. The fourth-order valence-electron chi connectivity index (χ4n) is 1.24. The van der Waals surface area contributed by atoms with Gasteiger partial charge in [0.1, 0.15) is 6.54 Å². The highest BCUT2D eigenvalue weighted by molar-refractivity contribution is 6.31. The van der Waals surface area contributed by atoms with Crippen LogP contribution in [0.2, 0.25) is 5.02 Å². The maximum Gasteiger partial charge on any atom is 0.325 e. The first-order valence-corrected chi connectivity index (χ1v) is 5.92. The highest BCUT2D eigenvalue weighted by Crippen LogP contribution is 2.13. The Morgan fingerprint density at radius 2 is 2.00 bits per heavy atom. The van der Waals surface area contributed by atoms with Crippen LogP contribution in [-0.4, -0.2) is 25.2 Å². The standard InChI is InChI=1S/C12H15ClN2O3/c1-2-18-11(16)8-15-12(17)14-7-9-5-3-4-6-10(9)13/h3-6H,2,7-8H2,1H3,(H2,14,15,17). The molecular weight excluding hydrogens is 256 g/mol. The molecule has 18 heavy (non-hydrogen) atoms. The molecule has 0 radical (unpaired) electrons. The number of rotatable bonds is 5. The minimum absolute atomic E-state index is 0.151. The zero-order chi connectivity index (χ0) is 13.4. The first-order chi connectivity index (χ1) is 8.63. The second kappa shape index (κ2) is 7.55. The van der Waals surface area contributed by atoms with E-state index in [1.807, 2.05) is 18.2 Å². The van der Waals surface area contributed by atoms with Gasteiger partial charge in [0.15, 0.2) is 0 Å². The molecule has 0 saturated carbocycles. The highest BCUT2D eigenvalue weighted by atomic mass is 35.5.